The number of nitrogens with zero attached hydrogens (tertiary/aromatic N) is 3. The fourth-order valence-corrected chi connectivity index (χ4v) is 2.69. The van der Waals surface area contributed by atoms with Gasteiger partial charge in [-0.15, -0.1) is 10.2 Å². The van der Waals surface area contributed by atoms with Crippen LogP contribution in [0.15, 0.2) is 89.0 Å². The van der Waals surface area contributed by atoms with Crippen molar-refractivity contribution in [2.75, 3.05) is 5.32 Å². The topological polar surface area (TPSA) is 86.9 Å². The molecule has 0 fully saturated rings. The van der Waals surface area contributed by atoms with Gasteiger partial charge in [0.2, 0.25) is 0 Å². The second-order valence-corrected chi connectivity index (χ2v) is 6.53. The normalized spacial score (nSPS) is 12.5. The highest BCUT2D eigenvalue weighted by atomic mass is 35.5. The van der Waals surface area contributed by atoms with E-state index in [0.29, 0.717) is 11.8 Å². The number of pyridine rings is 1. The highest BCUT2D eigenvalue weighted by molar-refractivity contribution is 6.31. The second-order valence-electron chi connectivity index (χ2n) is 6.12. The van der Waals surface area contributed by atoms with E-state index < -0.39 is 34.1 Å². The van der Waals surface area contributed by atoms with E-state index in [0.717, 1.165) is 6.07 Å². The third kappa shape index (κ3) is 5.67. The maximum Gasteiger partial charge on any atom is 0.417 e. The predicted octanol–water partition coefficient (Wildman–Crippen LogP) is 6.40. The lowest BCUT2D eigenvalue weighted by atomic mass is 10.1. The van der Waals surface area contributed by atoms with Crippen LogP contribution in [0.3, 0.4) is 0 Å². The van der Waals surface area contributed by atoms with Crippen LogP contribution in [-0.4, -0.2) is 16.0 Å². The van der Waals surface area contributed by atoms with Crippen LogP contribution in [0.1, 0.15) is 11.1 Å². The van der Waals surface area contributed by atoms with Crippen LogP contribution in [0.5, 0.6) is 0 Å². The van der Waals surface area contributed by atoms with Gasteiger partial charge >= 0.3 is 6.18 Å². The molecular weight excluding hydrogens is 433 g/mol. The summed E-state index contributed by atoms with van der Waals surface area (Å²) in [5.41, 5.74) is -1.22. The Balaban J connectivity index is 1.98. The molecule has 1 amide bonds. The lowest BCUT2D eigenvalue weighted by Crippen LogP contribution is -2.16. The summed E-state index contributed by atoms with van der Waals surface area (Å²) in [6, 6.07) is 14.1. The number of aliphatic hydroxyl groups is 1. The summed E-state index contributed by atoms with van der Waals surface area (Å²) < 4.78 is 39.3. The zero-order chi connectivity index (χ0) is 22.4. The van der Waals surface area contributed by atoms with Crippen LogP contribution in [-0.2, 0) is 11.0 Å². The quantitative estimate of drug-likeness (QED) is 0.270. The summed E-state index contributed by atoms with van der Waals surface area (Å²) in [6.07, 6.45) is -1.81. The molecule has 1 heterocycles. The largest absolute Gasteiger partial charge is 0.505 e. The van der Waals surface area contributed by atoms with Gasteiger partial charge in [0.25, 0.3) is 5.91 Å². The maximum absolute atomic E-state index is 13.1. The first kappa shape index (κ1) is 22.0. The van der Waals surface area contributed by atoms with E-state index in [1.807, 2.05) is 0 Å². The molecular formula is C21H14ClF3N4O2. The van der Waals surface area contributed by atoms with Gasteiger partial charge < -0.3 is 10.4 Å². The number of aliphatic hydroxyl groups excluding tert-OH is 1. The van der Waals surface area contributed by atoms with E-state index >= 15 is 0 Å². The van der Waals surface area contributed by atoms with Gasteiger partial charge in [-0.3, -0.25) is 9.78 Å². The third-order valence-electron chi connectivity index (χ3n) is 3.93. The van der Waals surface area contributed by atoms with E-state index in [2.05, 4.69) is 20.5 Å². The van der Waals surface area contributed by atoms with Crippen LogP contribution in [0.25, 0.3) is 5.76 Å². The number of rotatable bonds is 5. The summed E-state index contributed by atoms with van der Waals surface area (Å²) in [5, 5.41) is 20.0. The Morgan fingerprint density at radius 1 is 1.06 bits per heavy atom. The molecule has 6 nitrogen and oxygen atoms in total. The minimum absolute atomic E-state index is 0.184. The Morgan fingerprint density at radius 3 is 2.45 bits per heavy atom. The maximum atomic E-state index is 13.1. The van der Waals surface area contributed by atoms with Crippen LogP contribution in [0.2, 0.25) is 5.02 Å². The number of carbonyl (C=O) groups is 1. The highest BCUT2D eigenvalue weighted by Gasteiger charge is 2.33. The van der Waals surface area contributed by atoms with Crippen molar-refractivity contribution in [1.82, 2.24) is 4.98 Å². The zero-order valence-corrected chi connectivity index (χ0v) is 16.4. The van der Waals surface area contributed by atoms with E-state index in [4.69, 9.17) is 11.6 Å². The monoisotopic (exact) mass is 446 g/mol. The molecule has 0 atom stereocenters. The van der Waals surface area contributed by atoms with Crippen molar-refractivity contribution < 1.29 is 23.1 Å². The molecule has 0 unspecified atom stereocenters. The molecule has 2 aromatic carbocycles. The Kier molecular flexibility index (Phi) is 6.66. The number of amides is 1. The first-order valence-corrected chi connectivity index (χ1v) is 9.12. The molecule has 3 rings (SSSR count). The summed E-state index contributed by atoms with van der Waals surface area (Å²) in [6.45, 7) is 0. The summed E-state index contributed by atoms with van der Waals surface area (Å²) in [4.78, 5) is 16.6. The molecule has 158 valence electrons. The Hall–Kier alpha value is -3.72. The molecule has 31 heavy (non-hydrogen) atoms. The van der Waals surface area contributed by atoms with Crippen LogP contribution < -0.4 is 5.32 Å². The fourth-order valence-electron chi connectivity index (χ4n) is 2.46. The molecule has 0 spiro atoms. The van der Waals surface area contributed by atoms with Crippen LogP contribution in [0.4, 0.5) is 24.5 Å². The van der Waals surface area contributed by atoms with Gasteiger partial charge in [-0.05, 0) is 30.3 Å². The lowest BCUT2D eigenvalue weighted by molar-refractivity contribution is -0.137. The van der Waals surface area contributed by atoms with E-state index in [-0.39, 0.29) is 11.3 Å². The summed E-state index contributed by atoms with van der Waals surface area (Å²) in [5.74, 6) is -1.47. The number of aromatic nitrogens is 1. The number of carbonyl (C=O) groups excluding carboxylic acids is 1. The minimum Gasteiger partial charge on any atom is -0.505 e. The van der Waals surface area contributed by atoms with Crippen LogP contribution >= 0.6 is 11.6 Å². The lowest BCUT2D eigenvalue weighted by Gasteiger charge is -2.12. The molecule has 0 saturated carbocycles. The second kappa shape index (κ2) is 9.40. The van der Waals surface area contributed by atoms with Crippen molar-refractivity contribution >= 4 is 34.6 Å². The predicted molar refractivity (Wildman–Crippen MR) is 110 cm³/mol. The van der Waals surface area contributed by atoms with Gasteiger partial charge in [-0.25, -0.2) is 0 Å². The van der Waals surface area contributed by atoms with Gasteiger partial charge in [-0.1, -0.05) is 41.9 Å². The van der Waals surface area contributed by atoms with Gasteiger partial charge in [0.15, 0.2) is 11.5 Å². The van der Waals surface area contributed by atoms with E-state index in [9.17, 15) is 23.1 Å². The number of alkyl halides is 3. The number of azo groups is 1. The number of hydrogen-bond donors (Lipinski definition) is 2. The van der Waals surface area contributed by atoms with E-state index in [1.165, 1.54) is 30.6 Å². The molecule has 0 aliphatic carbocycles. The number of hydrogen-bond acceptors (Lipinski definition) is 5. The fraction of sp³-hybridized carbons (Fsp3) is 0.0476. The number of nitrogens with one attached hydrogen (secondary N) is 1. The number of anilines is 1. The third-order valence-corrected chi connectivity index (χ3v) is 4.26. The minimum atomic E-state index is -4.71. The van der Waals surface area contributed by atoms with Crippen molar-refractivity contribution in [1.29, 1.82) is 0 Å². The van der Waals surface area contributed by atoms with Crippen molar-refractivity contribution in [3.8, 4) is 0 Å². The first-order valence-electron chi connectivity index (χ1n) is 8.74. The average molecular weight is 447 g/mol. The zero-order valence-electron chi connectivity index (χ0n) is 15.6. The number of halogens is 4. The molecule has 0 saturated heterocycles. The smallest absolute Gasteiger partial charge is 0.417 e. The average Bonchev–Trinajstić information content (AvgIpc) is 2.75. The number of benzene rings is 2. The van der Waals surface area contributed by atoms with Crippen molar-refractivity contribution in [2.24, 2.45) is 10.2 Å². The van der Waals surface area contributed by atoms with Crippen molar-refractivity contribution in [3.05, 3.63) is 94.9 Å². The Labute approximate surface area is 179 Å². The standard InChI is InChI=1S/C21H14ClF3N4O2/c22-17-9-8-14(11-16(17)21(23,24)25)27-20(31)18(19(30)13-5-2-1-3-6-13)29-28-15-7-4-10-26-12-15/h1-12,30H,(H,27,31). The molecule has 3 aromatic rings. The molecule has 2 N–H and O–H groups in total. The highest BCUT2D eigenvalue weighted by Crippen LogP contribution is 2.36. The Morgan fingerprint density at radius 2 is 1.81 bits per heavy atom. The molecule has 0 radical (unpaired) electrons. The molecule has 0 aliphatic heterocycles. The van der Waals surface area contributed by atoms with Crippen LogP contribution in [0, 0.1) is 0 Å². The molecule has 0 aliphatic rings. The Bertz CT molecular complexity index is 1130. The van der Waals surface area contributed by atoms with Gasteiger partial charge in [0, 0.05) is 17.4 Å². The molecule has 10 heteroatoms. The SMILES string of the molecule is O=C(Nc1ccc(Cl)c(C(F)(F)F)c1)C(N=Nc1cccnc1)=C(O)c1ccccc1. The summed E-state index contributed by atoms with van der Waals surface area (Å²) >= 11 is 5.61. The first-order chi connectivity index (χ1) is 14.8. The van der Waals surface area contributed by atoms with Crippen molar-refractivity contribution in [3.63, 3.8) is 0 Å². The molecule has 1 aromatic heterocycles. The van der Waals surface area contributed by atoms with Gasteiger partial charge in [0.1, 0.15) is 5.69 Å². The van der Waals surface area contributed by atoms with Gasteiger partial charge in [0.05, 0.1) is 16.8 Å². The van der Waals surface area contributed by atoms with E-state index in [1.54, 1.807) is 30.3 Å². The summed E-state index contributed by atoms with van der Waals surface area (Å²) in [7, 11) is 0. The van der Waals surface area contributed by atoms with Crippen molar-refractivity contribution in [2.45, 2.75) is 6.18 Å². The van der Waals surface area contributed by atoms with Gasteiger partial charge in [-0.2, -0.15) is 13.2 Å². The molecule has 0 bridgehead atoms.